The van der Waals surface area contributed by atoms with Crippen LogP contribution in [0.5, 0.6) is 5.75 Å². The lowest BCUT2D eigenvalue weighted by atomic mass is 10.2. The number of pyridine rings is 1. The molecular weight excluding hydrogens is 342 g/mol. The Hall–Kier alpha value is -2.31. The SMILES string of the molecule is COCCCNC(=O)c1ccc(Nc2cc(C)c(Cl)cc2OC)cn1. The normalized spacial score (nSPS) is 10.4. The van der Waals surface area contributed by atoms with Gasteiger partial charge in [-0.25, -0.2) is 4.98 Å². The zero-order valence-corrected chi connectivity index (χ0v) is 15.3. The van der Waals surface area contributed by atoms with Crippen molar-refractivity contribution >= 4 is 28.9 Å². The molecule has 0 saturated heterocycles. The average molecular weight is 364 g/mol. The topological polar surface area (TPSA) is 72.5 Å². The van der Waals surface area contributed by atoms with Gasteiger partial charge in [-0.1, -0.05) is 11.6 Å². The number of hydrogen-bond acceptors (Lipinski definition) is 5. The summed E-state index contributed by atoms with van der Waals surface area (Å²) >= 11 is 6.11. The van der Waals surface area contributed by atoms with Gasteiger partial charge < -0.3 is 20.1 Å². The van der Waals surface area contributed by atoms with Gasteiger partial charge in [0.1, 0.15) is 11.4 Å². The molecule has 1 heterocycles. The maximum Gasteiger partial charge on any atom is 0.269 e. The van der Waals surface area contributed by atoms with Crippen LogP contribution in [0.2, 0.25) is 5.02 Å². The fraction of sp³-hybridized carbons (Fsp3) is 0.333. The molecular formula is C18H22ClN3O3. The molecule has 0 radical (unpaired) electrons. The van der Waals surface area contributed by atoms with Gasteiger partial charge in [0.15, 0.2) is 0 Å². The minimum Gasteiger partial charge on any atom is -0.495 e. The Balaban J connectivity index is 2.03. The van der Waals surface area contributed by atoms with Crippen molar-refractivity contribution in [2.24, 2.45) is 0 Å². The third kappa shape index (κ3) is 5.34. The molecule has 6 nitrogen and oxygen atoms in total. The highest BCUT2D eigenvalue weighted by molar-refractivity contribution is 6.31. The lowest BCUT2D eigenvalue weighted by Gasteiger charge is -2.13. The van der Waals surface area contributed by atoms with Gasteiger partial charge in [0.05, 0.1) is 24.7 Å². The van der Waals surface area contributed by atoms with Gasteiger partial charge in [-0.3, -0.25) is 4.79 Å². The van der Waals surface area contributed by atoms with E-state index < -0.39 is 0 Å². The van der Waals surface area contributed by atoms with Crippen LogP contribution in [0.3, 0.4) is 0 Å². The predicted octanol–water partition coefficient (Wildman–Crippen LogP) is 3.56. The molecule has 25 heavy (non-hydrogen) atoms. The summed E-state index contributed by atoms with van der Waals surface area (Å²) in [6.07, 6.45) is 2.37. The maximum atomic E-state index is 12.0. The summed E-state index contributed by atoms with van der Waals surface area (Å²) < 4.78 is 10.3. The van der Waals surface area contributed by atoms with Crippen LogP contribution < -0.4 is 15.4 Å². The molecule has 0 aliphatic carbocycles. The van der Waals surface area contributed by atoms with Gasteiger partial charge in [-0.2, -0.15) is 0 Å². The lowest BCUT2D eigenvalue weighted by Crippen LogP contribution is -2.26. The summed E-state index contributed by atoms with van der Waals surface area (Å²) in [5, 5.41) is 6.66. The molecule has 134 valence electrons. The molecule has 0 fully saturated rings. The second-order valence-corrected chi connectivity index (χ2v) is 5.87. The summed E-state index contributed by atoms with van der Waals surface area (Å²) in [6.45, 7) is 3.08. The second-order valence-electron chi connectivity index (χ2n) is 5.46. The van der Waals surface area contributed by atoms with Gasteiger partial charge in [-0.05, 0) is 37.1 Å². The smallest absolute Gasteiger partial charge is 0.269 e. The highest BCUT2D eigenvalue weighted by Crippen LogP contribution is 2.32. The highest BCUT2D eigenvalue weighted by atomic mass is 35.5. The molecule has 0 spiro atoms. The molecule has 1 aromatic carbocycles. The second kappa shape index (κ2) is 9.25. The number of anilines is 2. The molecule has 0 bridgehead atoms. The summed E-state index contributed by atoms with van der Waals surface area (Å²) in [6, 6.07) is 7.12. The molecule has 2 rings (SSSR count). The van der Waals surface area contributed by atoms with Gasteiger partial charge >= 0.3 is 0 Å². The molecule has 1 aromatic heterocycles. The number of hydrogen-bond donors (Lipinski definition) is 2. The van der Waals surface area contributed by atoms with E-state index in [1.807, 2.05) is 13.0 Å². The zero-order chi connectivity index (χ0) is 18.2. The molecule has 0 aliphatic rings. The van der Waals surface area contributed by atoms with Crippen molar-refractivity contribution in [1.82, 2.24) is 10.3 Å². The largest absolute Gasteiger partial charge is 0.495 e. The van der Waals surface area contributed by atoms with Crippen molar-refractivity contribution in [2.75, 3.05) is 32.7 Å². The van der Waals surface area contributed by atoms with E-state index in [9.17, 15) is 4.79 Å². The van der Waals surface area contributed by atoms with E-state index in [-0.39, 0.29) is 5.91 Å². The number of methoxy groups -OCH3 is 2. The van der Waals surface area contributed by atoms with E-state index >= 15 is 0 Å². The minimum absolute atomic E-state index is 0.206. The highest BCUT2D eigenvalue weighted by Gasteiger charge is 2.09. The van der Waals surface area contributed by atoms with Crippen LogP contribution in [0.4, 0.5) is 11.4 Å². The van der Waals surface area contributed by atoms with Gasteiger partial charge in [0.25, 0.3) is 5.91 Å². The molecule has 0 saturated carbocycles. The molecule has 1 amide bonds. The first-order chi connectivity index (χ1) is 12.0. The van der Waals surface area contributed by atoms with Gasteiger partial charge in [0, 0.05) is 31.4 Å². The number of carbonyl (C=O) groups excluding carboxylic acids is 1. The Labute approximate surface area is 152 Å². The summed E-state index contributed by atoms with van der Waals surface area (Å²) in [5.41, 5.74) is 2.83. The number of aryl methyl sites for hydroxylation is 1. The predicted molar refractivity (Wildman–Crippen MR) is 99.1 cm³/mol. The Morgan fingerprint density at radius 3 is 2.72 bits per heavy atom. The van der Waals surface area contributed by atoms with Crippen molar-refractivity contribution in [2.45, 2.75) is 13.3 Å². The Morgan fingerprint density at radius 1 is 1.28 bits per heavy atom. The summed E-state index contributed by atoms with van der Waals surface area (Å²) in [5.74, 6) is 0.429. The molecule has 7 heteroatoms. The number of rotatable bonds is 8. The van der Waals surface area contributed by atoms with Crippen molar-refractivity contribution < 1.29 is 14.3 Å². The number of aromatic nitrogens is 1. The molecule has 2 N–H and O–H groups in total. The molecule has 0 atom stereocenters. The first kappa shape index (κ1) is 19.0. The van der Waals surface area contributed by atoms with Gasteiger partial charge in [0.2, 0.25) is 0 Å². The average Bonchev–Trinajstić information content (AvgIpc) is 2.62. The fourth-order valence-corrected chi connectivity index (χ4v) is 2.35. The van der Waals surface area contributed by atoms with Crippen molar-refractivity contribution in [1.29, 1.82) is 0 Å². The monoisotopic (exact) mass is 363 g/mol. The Bertz CT molecular complexity index is 720. The number of halogens is 1. The van der Waals surface area contributed by atoms with Crippen LogP contribution in [0.1, 0.15) is 22.5 Å². The number of carbonyl (C=O) groups is 1. The molecule has 0 unspecified atom stereocenters. The van der Waals surface area contributed by atoms with E-state index in [1.54, 1.807) is 38.6 Å². The van der Waals surface area contributed by atoms with Crippen LogP contribution in [-0.2, 0) is 4.74 Å². The standard InChI is InChI=1S/C18H22ClN3O3/c1-12-9-16(17(25-3)10-14(12)19)22-13-5-6-15(21-11-13)18(23)20-7-4-8-24-2/h5-6,9-11,22H,4,7-8H2,1-3H3,(H,20,23). The Morgan fingerprint density at radius 2 is 2.08 bits per heavy atom. The summed E-state index contributed by atoms with van der Waals surface area (Å²) in [7, 11) is 3.22. The molecule has 0 aliphatic heterocycles. The quantitative estimate of drug-likeness (QED) is 0.701. The van der Waals surface area contributed by atoms with E-state index in [2.05, 4.69) is 15.6 Å². The number of nitrogens with zero attached hydrogens (tertiary/aromatic N) is 1. The first-order valence-electron chi connectivity index (χ1n) is 7.89. The Kier molecular flexibility index (Phi) is 7.03. The van der Waals surface area contributed by atoms with E-state index in [1.165, 1.54) is 0 Å². The molecule has 2 aromatic rings. The van der Waals surface area contributed by atoms with Crippen molar-refractivity contribution in [3.63, 3.8) is 0 Å². The van der Waals surface area contributed by atoms with Crippen LogP contribution >= 0.6 is 11.6 Å². The number of ether oxygens (including phenoxy) is 2. The van der Waals surface area contributed by atoms with Crippen molar-refractivity contribution in [3.05, 3.63) is 46.7 Å². The number of amides is 1. The van der Waals surface area contributed by atoms with Crippen LogP contribution in [0, 0.1) is 6.92 Å². The minimum atomic E-state index is -0.206. The van der Waals surface area contributed by atoms with E-state index in [0.29, 0.717) is 29.6 Å². The number of nitrogens with one attached hydrogen (secondary N) is 2. The number of benzene rings is 1. The third-order valence-corrected chi connectivity index (χ3v) is 3.97. The van der Waals surface area contributed by atoms with Gasteiger partial charge in [-0.15, -0.1) is 0 Å². The van der Waals surface area contributed by atoms with Crippen LogP contribution in [0.15, 0.2) is 30.5 Å². The fourth-order valence-electron chi connectivity index (χ4n) is 2.20. The third-order valence-electron chi connectivity index (χ3n) is 3.57. The van der Waals surface area contributed by atoms with E-state index in [4.69, 9.17) is 21.1 Å². The van der Waals surface area contributed by atoms with Crippen LogP contribution in [0.25, 0.3) is 0 Å². The maximum absolute atomic E-state index is 12.0. The lowest BCUT2D eigenvalue weighted by molar-refractivity contribution is 0.0943. The zero-order valence-electron chi connectivity index (χ0n) is 14.6. The van der Waals surface area contributed by atoms with Crippen molar-refractivity contribution in [3.8, 4) is 5.75 Å². The van der Waals surface area contributed by atoms with Crippen LogP contribution in [-0.4, -0.2) is 38.3 Å². The van der Waals surface area contributed by atoms with E-state index in [0.717, 1.165) is 23.4 Å². The summed E-state index contributed by atoms with van der Waals surface area (Å²) in [4.78, 5) is 16.2. The first-order valence-corrected chi connectivity index (χ1v) is 8.27.